The topological polar surface area (TPSA) is 85.1 Å². The summed E-state index contributed by atoms with van der Waals surface area (Å²) in [5.74, 6) is 1.32. The molecule has 1 aliphatic rings. The molecule has 4 rings (SSSR count). The smallest absolute Gasteiger partial charge is 0.244 e. The minimum absolute atomic E-state index is 0.200. The summed E-state index contributed by atoms with van der Waals surface area (Å²) in [5.41, 5.74) is 2.00. The Labute approximate surface area is 152 Å². The normalized spacial score (nSPS) is 15.7. The van der Waals surface area contributed by atoms with Crippen LogP contribution in [0.4, 0.5) is 0 Å². The molecule has 3 aromatic rings. The first kappa shape index (κ1) is 16.9. The lowest BCUT2D eigenvalue weighted by atomic mass is 10.1. The molecule has 134 valence electrons. The maximum Gasteiger partial charge on any atom is 0.244 e. The Kier molecular flexibility index (Phi) is 4.34. The van der Waals surface area contributed by atoms with Gasteiger partial charge in [-0.3, -0.25) is 0 Å². The van der Waals surface area contributed by atoms with Gasteiger partial charge in [0.25, 0.3) is 0 Å². The highest BCUT2D eigenvalue weighted by Gasteiger charge is 2.30. The molecular formula is C19H19N3O3S. The van der Waals surface area contributed by atoms with Gasteiger partial charge in [0.15, 0.2) is 5.82 Å². The third-order valence-corrected chi connectivity index (χ3v) is 5.93. The molecule has 1 heterocycles. The average Bonchev–Trinajstić information content (AvgIpc) is 3.39. The predicted octanol–water partition coefficient (Wildman–Crippen LogP) is 3.65. The summed E-state index contributed by atoms with van der Waals surface area (Å²) in [4.78, 5) is 4.50. The van der Waals surface area contributed by atoms with Crippen molar-refractivity contribution in [2.75, 3.05) is 0 Å². The Morgan fingerprint density at radius 1 is 1.04 bits per heavy atom. The summed E-state index contributed by atoms with van der Waals surface area (Å²) in [6.45, 7) is 1.69. The number of nitrogens with zero attached hydrogens (tertiary/aromatic N) is 2. The van der Waals surface area contributed by atoms with Gasteiger partial charge in [-0.2, -0.15) is 9.71 Å². The summed E-state index contributed by atoms with van der Waals surface area (Å²) in [6.07, 6.45) is 2.12. The van der Waals surface area contributed by atoms with Gasteiger partial charge < -0.3 is 4.52 Å². The van der Waals surface area contributed by atoms with Crippen molar-refractivity contribution in [1.29, 1.82) is 0 Å². The van der Waals surface area contributed by atoms with E-state index in [9.17, 15) is 8.42 Å². The second kappa shape index (κ2) is 6.66. The largest absolute Gasteiger partial charge is 0.338 e. The molecule has 1 fully saturated rings. The van der Waals surface area contributed by atoms with Crippen LogP contribution in [0.3, 0.4) is 0 Å². The molecule has 7 heteroatoms. The molecule has 1 aromatic heterocycles. The highest BCUT2D eigenvalue weighted by Crippen LogP contribution is 2.38. The molecule has 0 amide bonds. The van der Waals surface area contributed by atoms with Gasteiger partial charge in [0.05, 0.1) is 10.9 Å². The molecule has 1 saturated carbocycles. The van der Waals surface area contributed by atoms with Gasteiger partial charge in [-0.1, -0.05) is 47.6 Å². The minimum atomic E-state index is -3.68. The molecule has 0 aliphatic heterocycles. The van der Waals surface area contributed by atoms with Crippen LogP contribution < -0.4 is 4.72 Å². The molecule has 1 aliphatic carbocycles. The number of rotatable bonds is 6. The van der Waals surface area contributed by atoms with Crippen LogP contribution in [0, 0.1) is 0 Å². The molecule has 0 saturated heterocycles. The molecule has 26 heavy (non-hydrogen) atoms. The van der Waals surface area contributed by atoms with Crippen LogP contribution in [0.15, 0.2) is 64.0 Å². The molecule has 6 nitrogen and oxygen atoms in total. The first-order valence-corrected chi connectivity index (χ1v) is 10.0. The van der Waals surface area contributed by atoms with Crippen molar-refractivity contribution < 1.29 is 12.9 Å². The lowest BCUT2D eigenvalue weighted by Crippen LogP contribution is -2.27. The van der Waals surface area contributed by atoms with Gasteiger partial charge in [-0.05, 0) is 43.0 Å². The predicted molar refractivity (Wildman–Crippen MR) is 96.9 cm³/mol. The summed E-state index contributed by atoms with van der Waals surface area (Å²) in [7, 11) is -3.68. The molecule has 0 spiro atoms. The summed E-state index contributed by atoms with van der Waals surface area (Å²) < 4.78 is 33.0. The van der Waals surface area contributed by atoms with Gasteiger partial charge in [-0.25, -0.2) is 8.42 Å². The number of sulfonamides is 1. The number of hydrogen-bond acceptors (Lipinski definition) is 5. The molecule has 2 aromatic carbocycles. The number of hydrogen-bond donors (Lipinski definition) is 1. The van der Waals surface area contributed by atoms with E-state index in [1.807, 2.05) is 30.3 Å². The van der Waals surface area contributed by atoms with E-state index in [2.05, 4.69) is 14.9 Å². The lowest BCUT2D eigenvalue weighted by Gasteiger charge is -2.11. The van der Waals surface area contributed by atoms with Crippen LogP contribution in [0.25, 0.3) is 11.1 Å². The lowest BCUT2D eigenvalue weighted by molar-refractivity contribution is 0.349. The van der Waals surface area contributed by atoms with Crippen molar-refractivity contribution in [2.45, 2.75) is 36.6 Å². The van der Waals surface area contributed by atoms with E-state index in [0.29, 0.717) is 11.7 Å². The summed E-state index contributed by atoms with van der Waals surface area (Å²) in [5, 5.41) is 3.93. The highest BCUT2D eigenvalue weighted by molar-refractivity contribution is 7.89. The highest BCUT2D eigenvalue weighted by atomic mass is 32.2. The third-order valence-electron chi connectivity index (χ3n) is 4.37. The van der Waals surface area contributed by atoms with Gasteiger partial charge in [0.1, 0.15) is 0 Å². The monoisotopic (exact) mass is 369 g/mol. The van der Waals surface area contributed by atoms with E-state index in [0.717, 1.165) is 24.0 Å². The van der Waals surface area contributed by atoms with Gasteiger partial charge in [0.2, 0.25) is 15.9 Å². The zero-order valence-corrected chi connectivity index (χ0v) is 15.1. The van der Waals surface area contributed by atoms with Crippen LogP contribution in [-0.2, 0) is 10.0 Å². The third kappa shape index (κ3) is 3.54. The second-order valence-electron chi connectivity index (χ2n) is 6.50. The maximum absolute atomic E-state index is 12.6. The van der Waals surface area contributed by atoms with Crippen LogP contribution >= 0.6 is 0 Å². The Morgan fingerprint density at radius 2 is 1.69 bits per heavy atom. The number of aromatic nitrogens is 2. The molecule has 1 unspecified atom stereocenters. The van der Waals surface area contributed by atoms with Gasteiger partial charge >= 0.3 is 0 Å². The number of benzene rings is 2. The Morgan fingerprint density at radius 3 is 2.35 bits per heavy atom. The molecule has 1 N–H and O–H groups in total. The van der Waals surface area contributed by atoms with E-state index in [1.54, 1.807) is 31.2 Å². The Balaban J connectivity index is 1.50. The van der Waals surface area contributed by atoms with E-state index in [-0.39, 0.29) is 10.8 Å². The van der Waals surface area contributed by atoms with Crippen molar-refractivity contribution >= 4 is 10.0 Å². The average molecular weight is 369 g/mol. The second-order valence-corrected chi connectivity index (χ2v) is 8.21. The van der Waals surface area contributed by atoms with Crippen molar-refractivity contribution in [3.63, 3.8) is 0 Å². The van der Waals surface area contributed by atoms with E-state index in [1.165, 1.54) is 0 Å². The summed E-state index contributed by atoms with van der Waals surface area (Å²) >= 11 is 0. The first-order chi connectivity index (χ1) is 12.5. The fraction of sp³-hybridized carbons (Fsp3) is 0.263. The van der Waals surface area contributed by atoms with Crippen molar-refractivity contribution in [1.82, 2.24) is 14.9 Å². The van der Waals surface area contributed by atoms with Crippen molar-refractivity contribution in [3.05, 3.63) is 66.3 Å². The van der Waals surface area contributed by atoms with Gasteiger partial charge in [-0.15, -0.1) is 0 Å². The van der Waals surface area contributed by atoms with Crippen LogP contribution in [0.1, 0.15) is 43.4 Å². The molecule has 0 bridgehead atoms. The fourth-order valence-corrected chi connectivity index (χ4v) is 3.94. The fourth-order valence-electron chi connectivity index (χ4n) is 2.74. The number of nitrogens with one attached hydrogen (secondary N) is 1. The zero-order chi connectivity index (χ0) is 18.1. The first-order valence-electron chi connectivity index (χ1n) is 8.54. The molecule has 0 radical (unpaired) electrons. The Bertz CT molecular complexity index is 994. The van der Waals surface area contributed by atoms with E-state index >= 15 is 0 Å². The Hall–Kier alpha value is -2.51. The van der Waals surface area contributed by atoms with Crippen LogP contribution in [0.2, 0.25) is 0 Å². The SMILES string of the molecule is CC(NS(=O)(=O)c1ccc(-c2ccccc2)cc1)c1nc(C2CC2)no1. The molecule has 1 atom stereocenters. The van der Waals surface area contributed by atoms with Crippen LogP contribution in [-0.4, -0.2) is 18.6 Å². The van der Waals surface area contributed by atoms with E-state index < -0.39 is 16.1 Å². The van der Waals surface area contributed by atoms with E-state index in [4.69, 9.17) is 4.52 Å². The van der Waals surface area contributed by atoms with Crippen molar-refractivity contribution in [2.24, 2.45) is 0 Å². The maximum atomic E-state index is 12.6. The van der Waals surface area contributed by atoms with Gasteiger partial charge in [0, 0.05) is 5.92 Å². The standard InChI is InChI=1S/C19H19N3O3S/c1-13(19-20-18(21-25-19)16-7-8-16)22-26(23,24)17-11-9-15(10-12-17)14-5-3-2-4-6-14/h2-6,9-13,16,22H,7-8H2,1H3. The minimum Gasteiger partial charge on any atom is -0.338 e. The van der Waals surface area contributed by atoms with Crippen molar-refractivity contribution in [3.8, 4) is 11.1 Å². The van der Waals surface area contributed by atoms with Crippen LogP contribution in [0.5, 0.6) is 0 Å². The quantitative estimate of drug-likeness (QED) is 0.717. The molecular weight excluding hydrogens is 350 g/mol. The zero-order valence-electron chi connectivity index (χ0n) is 14.3. The summed E-state index contributed by atoms with van der Waals surface area (Å²) in [6, 6.07) is 16.0.